The molecule has 2 aromatic heterocycles. The highest BCUT2D eigenvalue weighted by Gasteiger charge is 2.47. The molecule has 2 aromatic rings. The maximum atomic E-state index is 14.1. The van der Waals surface area contributed by atoms with E-state index in [0.717, 1.165) is 11.6 Å². The molecule has 0 radical (unpaired) electrons. The molecule has 0 amide bonds. The zero-order valence-electron chi connectivity index (χ0n) is 19.8. The van der Waals surface area contributed by atoms with E-state index >= 15 is 0 Å². The first kappa shape index (κ1) is 28.0. The van der Waals surface area contributed by atoms with Gasteiger partial charge in [0.25, 0.3) is 0 Å². The number of rotatable bonds is 10. The summed E-state index contributed by atoms with van der Waals surface area (Å²) in [6.07, 6.45) is 0.382. The van der Waals surface area contributed by atoms with Crippen LogP contribution in [0.5, 0.6) is 0 Å². The third-order valence-corrected chi connectivity index (χ3v) is 8.99. The molecule has 3 rings (SSSR count). The molecule has 2 N–H and O–H groups in total. The fourth-order valence-electron chi connectivity index (χ4n) is 4.53. The first-order valence-corrected chi connectivity index (χ1v) is 14.1. The second kappa shape index (κ2) is 10.4. The third-order valence-electron chi connectivity index (χ3n) is 6.53. The Kier molecular flexibility index (Phi) is 8.37. The van der Waals surface area contributed by atoms with Crippen molar-refractivity contribution in [1.82, 2.24) is 14.7 Å². The molecule has 3 atom stereocenters. The maximum absolute atomic E-state index is 14.1. The van der Waals surface area contributed by atoms with Crippen LogP contribution in [0.3, 0.4) is 0 Å². The Balaban J connectivity index is 1.77. The number of piperidine rings is 1. The lowest BCUT2D eigenvalue weighted by Gasteiger charge is -2.44. The van der Waals surface area contributed by atoms with Crippen molar-refractivity contribution < 1.29 is 36.2 Å². The van der Waals surface area contributed by atoms with Crippen molar-refractivity contribution >= 4 is 21.2 Å². The molecular weight excluding hydrogens is 510 g/mol. The number of hydrogen-bond donors (Lipinski definition) is 2. The maximum Gasteiger partial charge on any atom is 0.341 e. The number of thiophene rings is 1. The molecule has 198 valence electrons. The van der Waals surface area contributed by atoms with Crippen LogP contribution in [-0.4, -0.2) is 70.9 Å². The average Bonchev–Trinajstić information content (AvgIpc) is 3.41. The van der Waals surface area contributed by atoms with Crippen LogP contribution in [0.1, 0.15) is 53.7 Å². The third kappa shape index (κ3) is 6.43. The van der Waals surface area contributed by atoms with Crippen molar-refractivity contribution in [3.8, 4) is 0 Å². The van der Waals surface area contributed by atoms with Gasteiger partial charge >= 0.3 is 12.3 Å². The molecular formula is C22H31F4N3O4S2. The van der Waals surface area contributed by atoms with Gasteiger partial charge in [-0.1, -0.05) is 6.92 Å². The topological polar surface area (TPSA) is 95.7 Å². The summed E-state index contributed by atoms with van der Waals surface area (Å²) >= 11 is 0.580. The van der Waals surface area contributed by atoms with Gasteiger partial charge in [-0.3, -0.25) is 9.58 Å². The Morgan fingerprint density at radius 1 is 1.37 bits per heavy atom. The number of aromatic nitrogens is 2. The molecule has 1 unspecified atom stereocenters. The molecule has 0 spiro atoms. The highest BCUT2D eigenvalue weighted by molar-refractivity contribution is 7.90. The quantitative estimate of drug-likeness (QED) is 0.448. The van der Waals surface area contributed by atoms with Crippen molar-refractivity contribution in [2.45, 2.75) is 69.7 Å². The van der Waals surface area contributed by atoms with Gasteiger partial charge in [0.05, 0.1) is 30.0 Å². The Morgan fingerprint density at radius 3 is 2.63 bits per heavy atom. The number of aliphatic hydroxyl groups excluding tert-OH is 2. The average molecular weight is 542 g/mol. The minimum atomic E-state index is -4.34. The molecule has 1 saturated heterocycles. The number of aryl methyl sites for hydroxylation is 1. The van der Waals surface area contributed by atoms with Crippen molar-refractivity contribution in [3.05, 3.63) is 39.3 Å². The summed E-state index contributed by atoms with van der Waals surface area (Å²) in [4.78, 5) is 1.77. The van der Waals surface area contributed by atoms with Crippen LogP contribution in [0.2, 0.25) is 0 Å². The number of halogens is 4. The predicted octanol–water partition coefficient (Wildman–Crippen LogP) is 3.31. The zero-order valence-corrected chi connectivity index (χ0v) is 21.4. The van der Waals surface area contributed by atoms with Gasteiger partial charge < -0.3 is 10.2 Å². The summed E-state index contributed by atoms with van der Waals surface area (Å²) in [6.45, 7) is 4.54. The Morgan fingerprint density at radius 2 is 2.06 bits per heavy atom. The van der Waals surface area contributed by atoms with Gasteiger partial charge in [0, 0.05) is 40.9 Å². The first-order chi connectivity index (χ1) is 16.2. The number of likely N-dealkylation sites (tertiary alicyclic amines) is 1. The zero-order chi connectivity index (χ0) is 26.2. The van der Waals surface area contributed by atoms with Crippen LogP contribution in [0.25, 0.3) is 0 Å². The van der Waals surface area contributed by atoms with E-state index in [1.165, 1.54) is 6.26 Å². The largest absolute Gasteiger partial charge is 0.393 e. The van der Waals surface area contributed by atoms with Crippen molar-refractivity contribution in [3.63, 3.8) is 0 Å². The van der Waals surface area contributed by atoms with Gasteiger partial charge in [0.2, 0.25) is 0 Å². The van der Waals surface area contributed by atoms with Crippen LogP contribution in [0.4, 0.5) is 17.6 Å². The highest BCUT2D eigenvalue weighted by atomic mass is 32.2. The molecule has 7 nitrogen and oxygen atoms in total. The van der Waals surface area contributed by atoms with Gasteiger partial charge in [0.1, 0.15) is 15.9 Å². The fraction of sp³-hybridized carbons (Fsp3) is 0.682. The molecule has 13 heteroatoms. The van der Waals surface area contributed by atoms with E-state index in [0.29, 0.717) is 42.1 Å². The molecule has 0 saturated carbocycles. The number of aliphatic hydroxyl groups is 2. The summed E-state index contributed by atoms with van der Waals surface area (Å²) < 4.78 is 78.5. The summed E-state index contributed by atoms with van der Waals surface area (Å²) in [7, 11) is -3.10. The second-order valence-corrected chi connectivity index (χ2v) is 12.9. The second-order valence-electron chi connectivity index (χ2n) is 9.59. The van der Waals surface area contributed by atoms with Gasteiger partial charge in [-0.25, -0.2) is 17.2 Å². The summed E-state index contributed by atoms with van der Waals surface area (Å²) in [5, 5.41) is 23.9. The number of hydrogen-bond acceptors (Lipinski definition) is 7. The standard InChI is InChI=1S/C22H31F4N3O4S2/c1-14-9-21(2,19-16(17(31)13-30)8-18(34-19)22(25,26)20(23)24)4-5-28(14)11-15-10-27-29(12-15)6-7-35(3,32)33/h8,10,12,14,17,20,30-31H,4-7,9,11,13H2,1-3H3/t14-,17?,21-/m0/s1. The Labute approximate surface area is 206 Å². The van der Waals surface area contributed by atoms with E-state index < -0.39 is 45.2 Å². The van der Waals surface area contributed by atoms with Crippen LogP contribution in [-0.2, 0) is 34.3 Å². The van der Waals surface area contributed by atoms with Gasteiger partial charge in [-0.05, 0) is 37.9 Å². The lowest BCUT2D eigenvalue weighted by atomic mass is 9.74. The summed E-state index contributed by atoms with van der Waals surface area (Å²) in [5.74, 6) is -4.35. The molecule has 1 aliphatic heterocycles. The van der Waals surface area contributed by atoms with Crippen LogP contribution in [0.15, 0.2) is 18.5 Å². The Bertz CT molecular complexity index is 1120. The minimum Gasteiger partial charge on any atom is -0.393 e. The van der Waals surface area contributed by atoms with E-state index in [4.69, 9.17) is 0 Å². The molecule has 0 aliphatic carbocycles. The fourth-order valence-corrected chi connectivity index (χ4v) is 6.43. The van der Waals surface area contributed by atoms with E-state index in [1.807, 2.05) is 13.8 Å². The van der Waals surface area contributed by atoms with Crippen LogP contribution >= 0.6 is 11.3 Å². The lowest BCUT2D eigenvalue weighted by molar-refractivity contribution is -0.132. The molecule has 1 fully saturated rings. The van der Waals surface area contributed by atoms with E-state index in [2.05, 4.69) is 10.00 Å². The van der Waals surface area contributed by atoms with E-state index in [-0.39, 0.29) is 23.9 Å². The minimum absolute atomic E-state index is 0.00611. The Hall–Kier alpha value is -1.54. The molecule has 0 aromatic carbocycles. The smallest absolute Gasteiger partial charge is 0.341 e. The number of sulfone groups is 1. The first-order valence-electron chi connectivity index (χ1n) is 11.2. The van der Waals surface area contributed by atoms with E-state index in [1.54, 1.807) is 17.1 Å². The predicted molar refractivity (Wildman–Crippen MR) is 125 cm³/mol. The lowest BCUT2D eigenvalue weighted by Crippen LogP contribution is -2.46. The van der Waals surface area contributed by atoms with Crippen molar-refractivity contribution in [2.75, 3.05) is 25.2 Å². The van der Waals surface area contributed by atoms with Gasteiger partial charge in [-0.15, -0.1) is 11.3 Å². The highest BCUT2D eigenvalue weighted by Crippen LogP contribution is 2.49. The molecule has 35 heavy (non-hydrogen) atoms. The van der Waals surface area contributed by atoms with Crippen molar-refractivity contribution in [1.29, 1.82) is 0 Å². The number of nitrogens with zero attached hydrogens (tertiary/aromatic N) is 3. The molecule has 1 aliphatic rings. The van der Waals surface area contributed by atoms with Gasteiger partial charge in [-0.2, -0.15) is 13.9 Å². The van der Waals surface area contributed by atoms with Crippen LogP contribution < -0.4 is 0 Å². The SMILES string of the molecule is C[C@H]1C[C@@](C)(c2sc(C(F)(F)C(F)F)cc2C(O)CO)CCN1Cc1cnn(CCS(C)(=O)=O)c1. The molecule has 0 bridgehead atoms. The molecule has 3 heterocycles. The van der Waals surface area contributed by atoms with Crippen LogP contribution in [0, 0.1) is 0 Å². The number of alkyl halides is 4. The van der Waals surface area contributed by atoms with Crippen molar-refractivity contribution in [2.24, 2.45) is 0 Å². The van der Waals surface area contributed by atoms with Gasteiger partial charge in [0.15, 0.2) is 0 Å². The monoisotopic (exact) mass is 541 g/mol. The summed E-state index contributed by atoms with van der Waals surface area (Å²) in [5.41, 5.74) is 0.325. The van der Waals surface area contributed by atoms with E-state index in [9.17, 15) is 36.2 Å². The normalized spacial score (nSPS) is 23.2. The summed E-state index contributed by atoms with van der Waals surface area (Å²) in [6, 6.07) is 0.897.